The maximum absolute atomic E-state index is 11.8. The van der Waals surface area contributed by atoms with Crippen molar-refractivity contribution in [3.8, 4) is 0 Å². The van der Waals surface area contributed by atoms with Crippen molar-refractivity contribution in [2.24, 2.45) is 17.8 Å². The summed E-state index contributed by atoms with van der Waals surface area (Å²) in [5.74, 6) is 2.77. The monoisotopic (exact) mass is 1060 g/mol. The molecule has 426 valence electrons. The van der Waals surface area contributed by atoms with Crippen LogP contribution in [-0.2, 0) is 57.8 Å². The molecule has 3 aliphatic rings. The second-order valence-electron chi connectivity index (χ2n) is 20.8. The van der Waals surface area contributed by atoms with E-state index in [0.29, 0.717) is 52.0 Å². The van der Waals surface area contributed by atoms with E-state index in [2.05, 4.69) is 101 Å². The van der Waals surface area contributed by atoms with E-state index in [0.717, 1.165) is 94.8 Å². The van der Waals surface area contributed by atoms with E-state index < -0.39 is 0 Å². The van der Waals surface area contributed by atoms with Crippen molar-refractivity contribution in [2.45, 2.75) is 234 Å². The first kappa shape index (κ1) is 69.7. The Morgan fingerprint density at radius 2 is 0.766 bits per heavy atom. The second-order valence-corrected chi connectivity index (χ2v) is 20.8. The summed E-state index contributed by atoms with van der Waals surface area (Å²) < 4.78 is 0. The molecule has 0 saturated carbocycles. The zero-order valence-electron chi connectivity index (χ0n) is 52.4. The van der Waals surface area contributed by atoms with E-state index in [1.165, 1.54) is 56.5 Å². The Hall–Kier alpha value is -5.30. The predicted octanol–water partition coefficient (Wildman–Crippen LogP) is 15.1. The fraction of sp³-hybridized carbons (Fsp3) is 0.571. The summed E-state index contributed by atoms with van der Waals surface area (Å²) in [6.45, 7) is 44.4. The van der Waals surface area contributed by atoms with Gasteiger partial charge in [0.05, 0.1) is 5.69 Å². The van der Waals surface area contributed by atoms with Gasteiger partial charge in [0, 0.05) is 40.9 Å². The molecule has 0 fully saturated rings. The van der Waals surface area contributed by atoms with Gasteiger partial charge >= 0.3 is 0 Å². The Kier molecular flexibility index (Phi) is 31.9. The summed E-state index contributed by atoms with van der Waals surface area (Å²) in [4.78, 5) is 71.5. The topological polar surface area (TPSA) is 106 Å². The number of hydrogen-bond donors (Lipinski definition) is 0. The summed E-state index contributed by atoms with van der Waals surface area (Å²) >= 11 is 0. The molecule has 1 aliphatic heterocycles. The van der Waals surface area contributed by atoms with Crippen LogP contribution in [0.25, 0.3) is 0 Å². The van der Waals surface area contributed by atoms with Crippen molar-refractivity contribution < 1.29 is 0 Å². The Balaban J connectivity index is 0.000000525. The minimum absolute atomic E-state index is 0.247. The largest absolute Gasteiger partial charge is 0.367 e. The van der Waals surface area contributed by atoms with Crippen LogP contribution in [-0.4, -0.2) is 13.1 Å². The third-order valence-electron chi connectivity index (χ3n) is 14.4. The van der Waals surface area contributed by atoms with Gasteiger partial charge in [-0.25, -0.2) is 0 Å². The number of nitrogens with zero attached hydrogens (tertiary/aromatic N) is 1. The fourth-order valence-corrected chi connectivity index (χ4v) is 10.9. The third kappa shape index (κ3) is 18.4. The lowest BCUT2D eigenvalue weighted by molar-refractivity contribution is 0.544. The van der Waals surface area contributed by atoms with Crippen LogP contribution >= 0.6 is 0 Å². The molecule has 6 aromatic rings. The van der Waals surface area contributed by atoms with E-state index in [1.54, 1.807) is 20.8 Å². The first-order chi connectivity index (χ1) is 36.9. The first-order valence-corrected chi connectivity index (χ1v) is 30.4. The standard InChI is InChI=1S/C20H24O2.C19H23NO2.C19H22O2.6C2H6/c1-12(2)9-14-7-8-15-5-4-6-16(18(15)10-14)11-17-13(3)19(21)20(17)22;1-12(2)10-14-4-5-15-6-8-20(9-7-16(15)11-14)17-13(3)18(21)19(17)22;1-11(2)8-13-4-5-14-6-7-15(17(14)9-13)10-16-12(3)18(20)19(16)21;6*1-2/h7-8,10,12,16H,4-6,9,11H2,1-3H3;4-5,11-12H,6-10H2,1-3H3;4-5,9,11,15H,6-8,10H2,1-3H3;6*1-2H3. The Morgan fingerprint density at radius 3 is 1.17 bits per heavy atom. The SMILES string of the molecule is CC.CC.CC.CC.CC.CC.Cc1c(CC2CCCc3ccc(CC(C)C)cc32)c(=O)c1=O.Cc1c(CC2CCc3ccc(CC(C)C)cc32)c(=O)c1=O.Cc1c(N2CCc3ccc(CC(C)C)cc3CC2)c(=O)c1=O. The molecule has 0 saturated heterocycles. The normalized spacial score (nSPS) is 14.7. The van der Waals surface area contributed by atoms with Crippen LogP contribution in [0, 0.1) is 38.5 Å². The highest BCUT2D eigenvalue weighted by atomic mass is 16.2. The van der Waals surface area contributed by atoms with E-state index >= 15 is 0 Å². The molecule has 0 aromatic heterocycles. The van der Waals surface area contributed by atoms with Crippen molar-refractivity contribution in [3.05, 3.63) is 194 Å². The molecule has 2 atom stereocenters. The van der Waals surface area contributed by atoms with Gasteiger partial charge in [-0.3, -0.25) is 28.8 Å². The lowest BCUT2D eigenvalue weighted by Crippen LogP contribution is -2.43. The highest BCUT2D eigenvalue weighted by molar-refractivity contribution is 5.58. The number of fused-ring (bicyclic) bond motifs is 3. The van der Waals surface area contributed by atoms with Crippen LogP contribution in [0.3, 0.4) is 0 Å². The smallest absolute Gasteiger partial charge is 0.249 e. The number of hydrogen-bond acceptors (Lipinski definition) is 7. The summed E-state index contributed by atoms with van der Waals surface area (Å²) in [6, 6.07) is 20.5. The summed E-state index contributed by atoms with van der Waals surface area (Å²) in [5, 5.41) is 0. The van der Waals surface area contributed by atoms with E-state index in [-0.39, 0.29) is 32.6 Å². The molecular formula is C70H105NO6. The maximum Gasteiger partial charge on any atom is 0.249 e. The molecule has 7 nitrogen and oxygen atoms in total. The minimum atomic E-state index is -0.309. The minimum Gasteiger partial charge on any atom is -0.367 e. The van der Waals surface area contributed by atoms with E-state index in [9.17, 15) is 28.8 Å². The highest BCUT2D eigenvalue weighted by Gasteiger charge is 2.29. The predicted molar refractivity (Wildman–Crippen MR) is 335 cm³/mol. The number of aryl methyl sites for hydroxylation is 2. The van der Waals surface area contributed by atoms with Crippen molar-refractivity contribution >= 4 is 5.69 Å². The third-order valence-corrected chi connectivity index (χ3v) is 14.4. The Bertz CT molecular complexity index is 2900. The van der Waals surface area contributed by atoms with Gasteiger partial charge in [0.25, 0.3) is 0 Å². The van der Waals surface area contributed by atoms with E-state index in [4.69, 9.17) is 0 Å². The Labute approximate surface area is 467 Å². The molecule has 7 heteroatoms. The van der Waals surface area contributed by atoms with Gasteiger partial charge in [0.15, 0.2) is 0 Å². The second kappa shape index (κ2) is 35.3. The zero-order valence-corrected chi connectivity index (χ0v) is 52.4. The van der Waals surface area contributed by atoms with Crippen LogP contribution in [0.15, 0.2) is 83.4 Å². The summed E-state index contributed by atoms with van der Waals surface area (Å²) in [7, 11) is 0. The highest BCUT2D eigenvalue weighted by Crippen LogP contribution is 2.37. The van der Waals surface area contributed by atoms with Gasteiger partial charge in [-0.1, -0.05) is 179 Å². The van der Waals surface area contributed by atoms with Crippen molar-refractivity contribution in [2.75, 3.05) is 18.0 Å². The van der Waals surface area contributed by atoms with E-state index in [1.807, 2.05) is 83.1 Å². The van der Waals surface area contributed by atoms with Crippen molar-refractivity contribution in [1.29, 1.82) is 0 Å². The van der Waals surface area contributed by atoms with Gasteiger partial charge in [-0.2, -0.15) is 0 Å². The first-order valence-electron chi connectivity index (χ1n) is 30.4. The average molecular weight is 1060 g/mol. The summed E-state index contributed by atoms with van der Waals surface area (Å²) in [5.41, 5.74) is 15.2. The van der Waals surface area contributed by atoms with Crippen molar-refractivity contribution in [3.63, 3.8) is 0 Å². The van der Waals surface area contributed by atoms with Crippen LogP contribution in [0.5, 0.6) is 0 Å². The van der Waals surface area contributed by atoms with Crippen LogP contribution in [0.4, 0.5) is 5.69 Å². The molecular weight excluding hydrogens is 951 g/mol. The van der Waals surface area contributed by atoms with Gasteiger partial charge < -0.3 is 4.90 Å². The van der Waals surface area contributed by atoms with Crippen LogP contribution < -0.4 is 37.5 Å². The molecule has 9 rings (SSSR count). The Morgan fingerprint density at radius 1 is 0.403 bits per heavy atom. The number of benzene rings is 3. The molecule has 77 heavy (non-hydrogen) atoms. The molecule has 0 bridgehead atoms. The maximum atomic E-state index is 11.8. The van der Waals surface area contributed by atoms with Gasteiger partial charge in [-0.05, 0) is 177 Å². The lowest BCUT2D eigenvalue weighted by atomic mass is 9.77. The molecule has 0 spiro atoms. The average Bonchev–Trinajstić information content (AvgIpc) is 3.74. The van der Waals surface area contributed by atoms with Gasteiger partial charge in [-0.15, -0.1) is 0 Å². The number of rotatable bonds is 11. The van der Waals surface area contributed by atoms with Gasteiger partial charge in [0.2, 0.25) is 32.6 Å². The molecule has 1 heterocycles. The quantitative estimate of drug-likeness (QED) is 0.119. The molecule has 0 radical (unpaired) electrons. The zero-order chi connectivity index (χ0) is 58.9. The lowest BCUT2D eigenvalue weighted by Gasteiger charge is -2.27. The molecule has 0 N–H and O–H groups in total. The van der Waals surface area contributed by atoms with Crippen LogP contribution in [0.1, 0.15) is 234 Å². The van der Waals surface area contributed by atoms with Crippen molar-refractivity contribution in [1.82, 2.24) is 0 Å². The summed E-state index contributed by atoms with van der Waals surface area (Å²) in [6.07, 6.45) is 12.3. The molecule has 2 aliphatic carbocycles. The molecule has 2 unspecified atom stereocenters. The van der Waals surface area contributed by atoms with Gasteiger partial charge in [0.1, 0.15) is 0 Å². The molecule has 0 amide bonds. The fourth-order valence-electron chi connectivity index (χ4n) is 10.9. The molecule has 6 aromatic carbocycles. The number of anilines is 1. The van der Waals surface area contributed by atoms with Crippen LogP contribution in [0.2, 0.25) is 0 Å².